The number of benzene rings is 2. The minimum Gasteiger partial charge on any atom is -0.207 e. The van der Waals surface area contributed by atoms with Crippen LogP contribution in [0.25, 0.3) is 11.1 Å². The second kappa shape index (κ2) is 4.34. The van der Waals surface area contributed by atoms with Crippen molar-refractivity contribution in [3.8, 4) is 17.2 Å². The Balaban J connectivity index is 2.73. The molecule has 0 amide bonds. The van der Waals surface area contributed by atoms with Gasteiger partial charge >= 0.3 is 0 Å². The Labute approximate surface area is 97.9 Å². The van der Waals surface area contributed by atoms with Crippen LogP contribution < -0.4 is 0 Å². The van der Waals surface area contributed by atoms with Gasteiger partial charge in [0.25, 0.3) is 0 Å². The van der Waals surface area contributed by atoms with Crippen molar-refractivity contribution in [2.45, 2.75) is 6.92 Å². The van der Waals surface area contributed by atoms with Crippen molar-refractivity contribution in [3.63, 3.8) is 0 Å². The SMILES string of the molecule is Cc1ccc(F)cc1-c1cccc(F)c1C#N. The van der Waals surface area contributed by atoms with E-state index in [1.807, 2.05) is 6.07 Å². The van der Waals surface area contributed by atoms with Gasteiger partial charge in [-0.15, -0.1) is 0 Å². The standard InChI is InChI=1S/C14H9F2N/c1-9-5-6-10(15)7-12(9)11-3-2-4-14(16)13(11)8-17/h2-7H,1H3. The van der Waals surface area contributed by atoms with E-state index < -0.39 is 11.6 Å². The molecule has 0 aliphatic carbocycles. The smallest absolute Gasteiger partial charge is 0.141 e. The molecule has 1 nitrogen and oxygen atoms in total. The molecular formula is C14H9F2N. The third-order valence-electron chi connectivity index (χ3n) is 2.62. The highest BCUT2D eigenvalue weighted by Gasteiger charge is 2.12. The summed E-state index contributed by atoms with van der Waals surface area (Å²) in [6.07, 6.45) is 0. The van der Waals surface area contributed by atoms with Gasteiger partial charge in [-0.05, 0) is 36.2 Å². The lowest BCUT2D eigenvalue weighted by Crippen LogP contribution is -1.92. The number of rotatable bonds is 1. The van der Waals surface area contributed by atoms with Gasteiger partial charge in [-0.3, -0.25) is 0 Å². The van der Waals surface area contributed by atoms with Gasteiger partial charge in [-0.25, -0.2) is 8.78 Å². The lowest BCUT2D eigenvalue weighted by molar-refractivity contribution is 0.623. The highest BCUT2D eigenvalue weighted by Crippen LogP contribution is 2.28. The predicted molar refractivity (Wildman–Crippen MR) is 61.2 cm³/mol. The second-order valence-electron chi connectivity index (χ2n) is 3.73. The van der Waals surface area contributed by atoms with Gasteiger partial charge in [0.05, 0.1) is 5.56 Å². The molecule has 84 valence electrons. The minimum absolute atomic E-state index is 0.0544. The van der Waals surface area contributed by atoms with E-state index in [-0.39, 0.29) is 5.56 Å². The maximum absolute atomic E-state index is 13.5. The zero-order valence-electron chi connectivity index (χ0n) is 9.17. The van der Waals surface area contributed by atoms with E-state index in [0.717, 1.165) is 5.56 Å². The monoisotopic (exact) mass is 229 g/mol. The Bertz CT molecular complexity index is 612. The molecule has 0 N–H and O–H groups in total. The first-order chi connectivity index (χ1) is 8.13. The van der Waals surface area contributed by atoms with Crippen molar-refractivity contribution < 1.29 is 8.78 Å². The van der Waals surface area contributed by atoms with Gasteiger partial charge in [0.1, 0.15) is 17.7 Å². The van der Waals surface area contributed by atoms with Crippen LogP contribution in [-0.4, -0.2) is 0 Å². The average Bonchev–Trinajstić information content (AvgIpc) is 2.32. The van der Waals surface area contributed by atoms with E-state index in [9.17, 15) is 8.78 Å². The normalized spacial score (nSPS) is 10.0. The Morgan fingerprint density at radius 3 is 2.53 bits per heavy atom. The minimum atomic E-state index is -0.589. The summed E-state index contributed by atoms with van der Waals surface area (Å²) in [5.74, 6) is -0.993. The van der Waals surface area contributed by atoms with Crippen LogP contribution in [0.4, 0.5) is 8.78 Å². The van der Waals surface area contributed by atoms with Gasteiger partial charge in [-0.1, -0.05) is 18.2 Å². The van der Waals surface area contributed by atoms with Crippen molar-refractivity contribution in [1.82, 2.24) is 0 Å². The maximum Gasteiger partial charge on any atom is 0.141 e. The molecule has 2 aromatic rings. The highest BCUT2D eigenvalue weighted by atomic mass is 19.1. The van der Waals surface area contributed by atoms with E-state index in [1.54, 1.807) is 19.1 Å². The first kappa shape index (κ1) is 11.3. The van der Waals surface area contributed by atoms with Crippen LogP contribution in [0.15, 0.2) is 36.4 Å². The molecule has 0 spiro atoms. The number of aryl methyl sites for hydroxylation is 1. The summed E-state index contributed by atoms with van der Waals surface area (Å²) < 4.78 is 26.6. The van der Waals surface area contributed by atoms with Crippen LogP contribution in [0.2, 0.25) is 0 Å². The Morgan fingerprint density at radius 2 is 1.82 bits per heavy atom. The number of hydrogen-bond acceptors (Lipinski definition) is 1. The third-order valence-corrected chi connectivity index (χ3v) is 2.62. The second-order valence-corrected chi connectivity index (χ2v) is 3.73. The van der Waals surface area contributed by atoms with E-state index in [0.29, 0.717) is 11.1 Å². The summed E-state index contributed by atoms with van der Waals surface area (Å²) in [6, 6.07) is 10.4. The van der Waals surface area contributed by atoms with Gasteiger partial charge in [-0.2, -0.15) is 5.26 Å². The summed E-state index contributed by atoms with van der Waals surface area (Å²) in [4.78, 5) is 0. The highest BCUT2D eigenvalue weighted by molar-refractivity contribution is 5.73. The van der Waals surface area contributed by atoms with Crippen molar-refractivity contribution in [1.29, 1.82) is 5.26 Å². The molecule has 0 fully saturated rings. The van der Waals surface area contributed by atoms with Crippen LogP contribution in [0.3, 0.4) is 0 Å². The molecule has 17 heavy (non-hydrogen) atoms. The molecule has 2 aromatic carbocycles. The summed E-state index contributed by atoms with van der Waals surface area (Å²) in [7, 11) is 0. The van der Waals surface area contributed by atoms with E-state index in [2.05, 4.69) is 0 Å². The number of nitriles is 1. The topological polar surface area (TPSA) is 23.8 Å². The van der Waals surface area contributed by atoms with Crippen molar-refractivity contribution in [2.75, 3.05) is 0 Å². The number of hydrogen-bond donors (Lipinski definition) is 0. The van der Waals surface area contributed by atoms with Gasteiger partial charge in [0.2, 0.25) is 0 Å². The average molecular weight is 229 g/mol. The molecule has 0 atom stereocenters. The van der Waals surface area contributed by atoms with Crippen molar-refractivity contribution in [2.24, 2.45) is 0 Å². The van der Waals surface area contributed by atoms with E-state index >= 15 is 0 Å². The Morgan fingerprint density at radius 1 is 1.06 bits per heavy atom. The summed E-state index contributed by atoms with van der Waals surface area (Å²) in [5.41, 5.74) is 1.71. The molecule has 0 aromatic heterocycles. The molecule has 0 aliphatic heterocycles. The van der Waals surface area contributed by atoms with Crippen LogP contribution in [-0.2, 0) is 0 Å². The molecule has 0 radical (unpaired) electrons. The maximum atomic E-state index is 13.5. The fourth-order valence-corrected chi connectivity index (χ4v) is 1.75. The lowest BCUT2D eigenvalue weighted by atomic mass is 9.96. The molecular weight excluding hydrogens is 220 g/mol. The van der Waals surface area contributed by atoms with Crippen molar-refractivity contribution >= 4 is 0 Å². The number of nitrogens with zero attached hydrogens (tertiary/aromatic N) is 1. The van der Waals surface area contributed by atoms with Crippen LogP contribution in [0.5, 0.6) is 0 Å². The molecule has 2 rings (SSSR count). The van der Waals surface area contributed by atoms with E-state index in [4.69, 9.17) is 5.26 Å². The number of halogens is 2. The lowest BCUT2D eigenvalue weighted by Gasteiger charge is -2.08. The first-order valence-corrected chi connectivity index (χ1v) is 5.08. The molecule has 0 saturated carbocycles. The van der Waals surface area contributed by atoms with Crippen LogP contribution >= 0.6 is 0 Å². The fraction of sp³-hybridized carbons (Fsp3) is 0.0714. The molecule has 0 bridgehead atoms. The predicted octanol–water partition coefficient (Wildman–Crippen LogP) is 3.81. The quantitative estimate of drug-likeness (QED) is 0.729. The van der Waals surface area contributed by atoms with Crippen molar-refractivity contribution in [3.05, 3.63) is 59.2 Å². The first-order valence-electron chi connectivity index (χ1n) is 5.08. The largest absolute Gasteiger partial charge is 0.207 e. The molecule has 0 heterocycles. The molecule has 0 unspecified atom stereocenters. The van der Waals surface area contributed by atoms with E-state index in [1.165, 1.54) is 24.3 Å². The summed E-state index contributed by atoms with van der Waals surface area (Å²) >= 11 is 0. The third kappa shape index (κ3) is 2.02. The van der Waals surface area contributed by atoms with Gasteiger partial charge < -0.3 is 0 Å². The molecule has 0 saturated heterocycles. The van der Waals surface area contributed by atoms with Gasteiger partial charge in [0.15, 0.2) is 0 Å². The summed E-state index contributed by atoms with van der Waals surface area (Å²) in [5, 5.41) is 8.94. The Kier molecular flexibility index (Phi) is 2.88. The molecule has 0 aliphatic rings. The zero-order chi connectivity index (χ0) is 12.4. The zero-order valence-corrected chi connectivity index (χ0v) is 9.17. The van der Waals surface area contributed by atoms with Crippen LogP contribution in [0.1, 0.15) is 11.1 Å². The van der Waals surface area contributed by atoms with Gasteiger partial charge in [0, 0.05) is 5.56 Å². The summed E-state index contributed by atoms with van der Waals surface area (Å²) in [6.45, 7) is 1.79. The molecule has 3 heteroatoms. The Hall–Kier alpha value is -2.21. The fourth-order valence-electron chi connectivity index (χ4n) is 1.75. The van der Waals surface area contributed by atoms with Crippen LogP contribution in [0, 0.1) is 29.9 Å².